The summed E-state index contributed by atoms with van der Waals surface area (Å²) in [7, 11) is 0. The summed E-state index contributed by atoms with van der Waals surface area (Å²) in [5.41, 5.74) is 11.4. The lowest BCUT2D eigenvalue weighted by Gasteiger charge is -2.23. The fourth-order valence-corrected chi connectivity index (χ4v) is 3.00. The third-order valence-electron chi connectivity index (χ3n) is 4.72. The van der Waals surface area contributed by atoms with Gasteiger partial charge in [-0.3, -0.25) is 19.2 Å². The lowest BCUT2D eigenvalue weighted by atomic mass is 10.0. The van der Waals surface area contributed by atoms with Gasteiger partial charge in [0, 0.05) is 12.8 Å². The van der Waals surface area contributed by atoms with E-state index in [1.807, 2.05) is 13.8 Å². The molecule has 0 radical (unpaired) electrons. The molecule has 0 aliphatic heterocycles. The smallest absolute Gasteiger partial charge is 0.326 e. The van der Waals surface area contributed by atoms with Crippen molar-refractivity contribution in [3.05, 3.63) is 35.9 Å². The normalized spacial score (nSPS) is 13.5. The third kappa shape index (κ3) is 11.1. The van der Waals surface area contributed by atoms with Crippen molar-refractivity contribution < 1.29 is 29.1 Å². The van der Waals surface area contributed by atoms with Crippen LogP contribution >= 0.6 is 0 Å². The van der Waals surface area contributed by atoms with E-state index in [2.05, 4.69) is 16.0 Å². The van der Waals surface area contributed by atoms with Crippen molar-refractivity contribution in [3.8, 4) is 0 Å². The number of nitrogens with one attached hydrogen (secondary N) is 3. The molecule has 0 fully saturated rings. The first-order chi connectivity index (χ1) is 15.5. The summed E-state index contributed by atoms with van der Waals surface area (Å²) in [5.74, 6) is -3.67. The molecular formula is C22H33N5O6. The molecule has 0 heterocycles. The highest BCUT2D eigenvalue weighted by Gasteiger charge is 2.27. The highest BCUT2D eigenvalue weighted by molar-refractivity contribution is 5.92. The minimum Gasteiger partial charge on any atom is -0.480 e. The van der Waals surface area contributed by atoms with E-state index >= 15 is 0 Å². The van der Waals surface area contributed by atoms with Gasteiger partial charge in [0.25, 0.3) is 0 Å². The Balaban J connectivity index is 2.70. The maximum Gasteiger partial charge on any atom is 0.326 e. The van der Waals surface area contributed by atoms with Gasteiger partial charge in [0.05, 0.1) is 12.6 Å². The Kier molecular flexibility index (Phi) is 11.6. The lowest BCUT2D eigenvalue weighted by molar-refractivity contribution is -0.142. The molecule has 3 atom stereocenters. The molecule has 0 saturated carbocycles. The summed E-state index contributed by atoms with van der Waals surface area (Å²) in [4.78, 5) is 59.5. The molecule has 11 heteroatoms. The maximum atomic E-state index is 12.8. The van der Waals surface area contributed by atoms with Crippen LogP contribution in [-0.4, -0.2) is 59.4 Å². The first-order valence-corrected chi connectivity index (χ1v) is 10.7. The van der Waals surface area contributed by atoms with Crippen molar-refractivity contribution in [1.29, 1.82) is 0 Å². The zero-order valence-corrected chi connectivity index (χ0v) is 18.9. The maximum absolute atomic E-state index is 12.8. The molecule has 11 nitrogen and oxygen atoms in total. The van der Waals surface area contributed by atoms with Gasteiger partial charge in [0.15, 0.2) is 0 Å². The largest absolute Gasteiger partial charge is 0.480 e. The van der Waals surface area contributed by atoms with Crippen LogP contribution in [-0.2, 0) is 30.4 Å². The minimum atomic E-state index is -1.20. The van der Waals surface area contributed by atoms with Crippen LogP contribution in [0.4, 0.5) is 0 Å². The van der Waals surface area contributed by atoms with E-state index in [1.54, 1.807) is 30.3 Å². The standard InChI is InChI=1S/C22H33N5O6/c1-13(2)10-16(26-19(29)12-25-20(30)15(23)8-9-18(24)28)21(31)27-17(22(32)33)11-14-6-4-3-5-7-14/h3-7,13,15-17H,8-12,23H2,1-2H3,(H2,24,28)(H,25,30)(H,26,29)(H,27,31)(H,32,33). The molecule has 33 heavy (non-hydrogen) atoms. The number of hydrogen-bond acceptors (Lipinski definition) is 6. The lowest BCUT2D eigenvalue weighted by Crippen LogP contribution is -2.54. The Hall–Kier alpha value is -3.47. The van der Waals surface area contributed by atoms with Crippen LogP contribution in [0.25, 0.3) is 0 Å². The Morgan fingerprint density at radius 1 is 0.970 bits per heavy atom. The average molecular weight is 464 g/mol. The summed E-state index contributed by atoms with van der Waals surface area (Å²) in [6.07, 6.45) is 0.328. The summed E-state index contributed by atoms with van der Waals surface area (Å²) in [6.45, 7) is 3.27. The fraction of sp³-hybridized carbons (Fsp3) is 0.500. The van der Waals surface area contributed by atoms with Crippen LogP contribution in [0.3, 0.4) is 0 Å². The number of aliphatic carboxylic acids is 1. The second-order valence-corrected chi connectivity index (χ2v) is 8.17. The second kappa shape index (κ2) is 13.8. The number of carboxylic acids is 1. The van der Waals surface area contributed by atoms with Gasteiger partial charge in [-0.25, -0.2) is 4.79 Å². The number of carbonyl (C=O) groups is 5. The van der Waals surface area contributed by atoms with Crippen LogP contribution in [0.1, 0.15) is 38.7 Å². The van der Waals surface area contributed by atoms with Gasteiger partial charge >= 0.3 is 5.97 Å². The number of amides is 4. The molecule has 0 aliphatic rings. The van der Waals surface area contributed by atoms with Crippen molar-refractivity contribution >= 4 is 29.6 Å². The van der Waals surface area contributed by atoms with Crippen molar-refractivity contribution in [1.82, 2.24) is 16.0 Å². The van der Waals surface area contributed by atoms with Crippen LogP contribution in [0, 0.1) is 5.92 Å². The van der Waals surface area contributed by atoms with Gasteiger partial charge in [-0.05, 0) is 24.3 Å². The Morgan fingerprint density at radius 3 is 2.15 bits per heavy atom. The second-order valence-electron chi connectivity index (χ2n) is 8.17. The number of benzene rings is 1. The SMILES string of the molecule is CC(C)CC(NC(=O)CNC(=O)C(N)CCC(N)=O)C(=O)NC(Cc1ccccc1)C(=O)O. The van der Waals surface area contributed by atoms with Crippen LogP contribution in [0.5, 0.6) is 0 Å². The highest BCUT2D eigenvalue weighted by Crippen LogP contribution is 2.08. The summed E-state index contributed by atoms with van der Waals surface area (Å²) < 4.78 is 0. The van der Waals surface area contributed by atoms with Crippen LogP contribution in [0.15, 0.2) is 30.3 Å². The molecule has 0 spiro atoms. The zero-order chi connectivity index (χ0) is 25.0. The molecule has 3 unspecified atom stereocenters. The topological polar surface area (TPSA) is 194 Å². The van der Waals surface area contributed by atoms with Gasteiger partial charge in [-0.1, -0.05) is 44.2 Å². The summed E-state index contributed by atoms with van der Waals surface area (Å²) in [6, 6.07) is 5.69. The summed E-state index contributed by atoms with van der Waals surface area (Å²) in [5, 5.41) is 16.9. The average Bonchev–Trinajstić information content (AvgIpc) is 2.75. The van der Waals surface area contributed by atoms with Crippen molar-refractivity contribution in [3.63, 3.8) is 0 Å². The van der Waals surface area contributed by atoms with E-state index in [0.717, 1.165) is 5.56 Å². The number of primary amides is 1. The predicted molar refractivity (Wildman–Crippen MR) is 121 cm³/mol. The minimum absolute atomic E-state index is 0.0234. The number of rotatable bonds is 14. The highest BCUT2D eigenvalue weighted by atomic mass is 16.4. The van der Waals surface area contributed by atoms with E-state index in [9.17, 15) is 29.1 Å². The van der Waals surface area contributed by atoms with Gasteiger partial charge in [0.1, 0.15) is 12.1 Å². The Morgan fingerprint density at radius 2 is 1.61 bits per heavy atom. The van der Waals surface area contributed by atoms with E-state index in [1.165, 1.54) is 0 Å². The van der Waals surface area contributed by atoms with Gasteiger partial charge in [0.2, 0.25) is 23.6 Å². The molecule has 182 valence electrons. The van der Waals surface area contributed by atoms with Crippen LogP contribution < -0.4 is 27.4 Å². The quantitative estimate of drug-likeness (QED) is 0.204. The zero-order valence-electron chi connectivity index (χ0n) is 18.9. The molecule has 0 aliphatic carbocycles. The van der Waals surface area contributed by atoms with Crippen LogP contribution in [0.2, 0.25) is 0 Å². The third-order valence-corrected chi connectivity index (χ3v) is 4.72. The fourth-order valence-electron chi connectivity index (χ4n) is 3.00. The first kappa shape index (κ1) is 27.6. The number of carboxylic acid groups (broad SMARTS) is 1. The van der Waals surface area contributed by atoms with Crippen molar-refractivity contribution in [2.24, 2.45) is 17.4 Å². The molecule has 1 aromatic rings. The number of hydrogen-bond donors (Lipinski definition) is 6. The molecule has 1 rings (SSSR count). The van der Waals surface area contributed by atoms with Crippen molar-refractivity contribution in [2.45, 2.75) is 57.7 Å². The van der Waals surface area contributed by atoms with E-state index in [0.29, 0.717) is 0 Å². The molecule has 4 amide bonds. The monoisotopic (exact) mass is 463 g/mol. The molecule has 8 N–H and O–H groups in total. The first-order valence-electron chi connectivity index (χ1n) is 10.7. The molecular weight excluding hydrogens is 430 g/mol. The van der Waals surface area contributed by atoms with E-state index in [-0.39, 0.29) is 31.6 Å². The molecule has 0 saturated heterocycles. The number of carbonyl (C=O) groups excluding carboxylic acids is 4. The Bertz CT molecular complexity index is 830. The predicted octanol–water partition coefficient (Wildman–Crippen LogP) is -0.962. The van der Waals surface area contributed by atoms with Gasteiger partial charge in [-0.2, -0.15) is 0 Å². The van der Waals surface area contributed by atoms with E-state index in [4.69, 9.17) is 11.5 Å². The Labute approximate surface area is 192 Å². The van der Waals surface area contributed by atoms with E-state index < -0.39 is 54.3 Å². The van der Waals surface area contributed by atoms with Gasteiger partial charge in [-0.15, -0.1) is 0 Å². The van der Waals surface area contributed by atoms with Crippen molar-refractivity contribution in [2.75, 3.05) is 6.54 Å². The molecule has 0 bridgehead atoms. The molecule has 1 aromatic carbocycles. The summed E-state index contributed by atoms with van der Waals surface area (Å²) >= 11 is 0. The number of nitrogens with two attached hydrogens (primary N) is 2. The van der Waals surface area contributed by atoms with Gasteiger partial charge < -0.3 is 32.5 Å². The molecule has 0 aromatic heterocycles.